The molecule has 2 unspecified atom stereocenters. The van der Waals surface area contributed by atoms with Crippen LogP contribution in [-0.4, -0.2) is 44.5 Å². The Labute approximate surface area is 167 Å². The second-order valence-corrected chi connectivity index (χ2v) is 6.02. The summed E-state index contributed by atoms with van der Waals surface area (Å²) in [7, 11) is 3.25. The Morgan fingerprint density at radius 3 is 2.56 bits per heavy atom. The molecule has 25 heavy (non-hydrogen) atoms. The highest BCUT2D eigenvalue weighted by Crippen LogP contribution is 2.28. The zero-order chi connectivity index (χ0) is 17.4. The largest absolute Gasteiger partial charge is 0.493 e. The highest BCUT2D eigenvalue weighted by atomic mass is 127. The molecule has 0 heterocycles. The molecule has 0 amide bonds. The quantitative estimate of drug-likeness (QED) is 0.329. The first kappa shape index (κ1) is 21.8. The Morgan fingerprint density at radius 1 is 1.20 bits per heavy atom. The van der Waals surface area contributed by atoms with Crippen LogP contribution in [0.1, 0.15) is 31.7 Å². The number of aliphatic imine (C=N–C) groups is 1. The molecule has 0 saturated heterocycles. The number of nitrogens with one attached hydrogen (secondary N) is 2. The first-order valence-electron chi connectivity index (χ1n) is 8.59. The van der Waals surface area contributed by atoms with E-state index < -0.39 is 0 Å². The van der Waals surface area contributed by atoms with Crippen LogP contribution in [0.2, 0.25) is 0 Å². The predicted octanol–water partition coefficient (Wildman–Crippen LogP) is 2.54. The van der Waals surface area contributed by atoms with E-state index in [0.717, 1.165) is 43.9 Å². The molecule has 1 saturated carbocycles. The lowest BCUT2D eigenvalue weighted by molar-refractivity contribution is 0.134. The molecule has 0 aliphatic heterocycles. The third-order valence-electron chi connectivity index (χ3n) is 4.36. The number of aliphatic hydroxyl groups is 1. The van der Waals surface area contributed by atoms with E-state index in [2.05, 4.69) is 15.6 Å². The van der Waals surface area contributed by atoms with Gasteiger partial charge in [-0.05, 0) is 37.5 Å². The van der Waals surface area contributed by atoms with Crippen molar-refractivity contribution >= 4 is 29.9 Å². The van der Waals surface area contributed by atoms with Gasteiger partial charge in [-0.1, -0.05) is 12.5 Å². The monoisotopic (exact) mass is 463 g/mol. The number of nitrogens with zero attached hydrogens (tertiary/aromatic N) is 1. The number of rotatable bonds is 7. The van der Waals surface area contributed by atoms with Crippen LogP contribution in [-0.2, 0) is 6.54 Å². The summed E-state index contributed by atoms with van der Waals surface area (Å²) in [6.45, 7) is 4.13. The third-order valence-corrected chi connectivity index (χ3v) is 4.36. The normalized spacial score (nSPS) is 19.9. The molecular weight excluding hydrogens is 433 g/mol. The Bertz CT molecular complexity index is 554. The first-order chi connectivity index (χ1) is 11.7. The van der Waals surface area contributed by atoms with Crippen molar-refractivity contribution in [1.82, 2.24) is 10.6 Å². The summed E-state index contributed by atoms with van der Waals surface area (Å²) in [5.74, 6) is 2.50. The van der Waals surface area contributed by atoms with E-state index in [1.807, 2.05) is 25.1 Å². The second kappa shape index (κ2) is 11.4. The maximum Gasteiger partial charge on any atom is 0.191 e. The summed E-state index contributed by atoms with van der Waals surface area (Å²) in [6.07, 6.45) is 2.90. The minimum atomic E-state index is -0.189. The van der Waals surface area contributed by atoms with Crippen LogP contribution in [0.15, 0.2) is 23.2 Å². The molecule has 0 aromatic heterocycles. The lowest BCUT2D eigenvalue weighted by Gasteiger charge is -2.17. The van der Waals surface area contributed by atoms with E-state index in [9.17, 15) is 5.11 Å². The predicted molar refractivity (Wildman–Crippen MR) is 111 cm³/mol. The summed E-state index contributed by atoms with van der Waals surface area (Å²) in [6, 6.07) is 5.81. The average molecular weight is 463 g/mol. The lowest BCUT2D eigenvalue weighted by Crippen LogP contribution is -2.41. The Balaban J connectivity index is 0.00000312. The van der Waals surface area contributed by atoms with Gasteiger partial charge in [0.2, 0.25) is 0 Å². The van der Waals surface area contributed by atoms with Crippen LogP contribution in [0.4, 0.5) is 0 Å². The van der Waals surface area contributed by atoms with Crippen molar-refractivity contribution in [2.75, 3.05) is 27.3 Å². The Hall–Kier alpha value is -1.22. The van der Waals surface area contributed by atoms with E-state index in [1.165, 1.54) is 0 Å². The summed E-state index contributed by atoms with van der Waals surface area (Å²) >= 11 is 0. The highest BCUT2D eigenvalue weighted by molar-refractivity contribution is 14.0. The lowest BCUT2D eigenvalue weighted by atomic mass is 10.1. The van der Waals surface area contributed by atoms with Crippen LogP contribution in [0, 0.1) is 5.92 Å². The summed E-state index contributed by atoms with van der Waals surface area (Å²) in [4.78, 5) is 4.62. The number of aliphatic hydroxyl groups excluding tert-OH is 1. The van der Waals surface area contributed by atoms with Gasteiger partial charge in [0.1, 0.15) is 0 Å². The van der Waals surface area contributed by atoms with E-state index in [4.69, 9.17) is 9.47 Å². The molecule has 7 heteroatoms. The van der Waals surface area contributed by atoms with E-state index in [-0.39, 0.29) is 30.1 Å². The summed E-state index contributed by atoms with van der Waals surface area (Å²) in [5, 5.41) is 16.5. The molecular formula is C18H30IN3O3. The van der Waals surface area contributed by atoms with Gasteiger partial charge >= 0.3 is 0 Å². The third kappa shape index (κ3) is 6.54. The van der Waals surface area contributed by atoms with Crippen molar-refractivity contribution in [2.45, 2.75) is 38.8 Å². The summed E-state index contributed by atoms with van der Waals surface area (Å²) < 4.78 is 10.6. The molecule has 1 aliphatic carbocycles. The van der Waals surface area contributed by atoms with Crippen LogP contribution >= 0.6 is 24.0 Å². The topological polar surface area (TPSA) is 75.1 Å². The first-order valence-corrected chi connectivity index (χ1v) is 8.59. The minimum Gasteiger partial charge on any atom is -0.493 e. The van der Waals surface area contributed by atoms with Gasteiger partial charge in [-0.25, -0.2) is 4.99 Å². The smallest absolute Gasteiger partial charge is 0.191 e. The fraction of sp³-hybridized carbons (Fsp3) is 0.611. The molecule has 0 spiro atoms. The van der Waals surface area contributed by atoms with E-state index in [1.54, 1.807) is 14.2 Å². The van der Waals surface area contributed by atoms with Gasteiger partial charge in [-0.3, -0.25) is 0 Å². The van der Waals surface area contributed by atoms with E-state index >= 15 is 0 Å². The van der Waals surface area contributed by atoms with Crippen molar-refractivity contribution in [2.24, 2.45) is 10.9 Å². The average Bonchev–Trinajstić information content (AvgIpc) is 3.02. The maximum atomic E-state index is 9.92. The van der Waals surface area contributed by atoms with Gasteiger partial charge in [-0.2, -0.15) is 0 Å². The van der Waals surface area contributed by atoms with Gasteiger partial charge < -0.3 is 25.2 Å². The number of hydrogen-bond acceptors (Lipinski definition) is 4. The number of guanidine groups is 1. The molecule has 1 aromatic rings. The molecule has 6 nitrogen and oxygen atoms in total. The van der Waals surface area contributed by atoms with Crippen molar-refractivity contribution < 1.29 is 14.6 Å². The van der Waals surface area contributed by atoms with E-state index in [0.29, 0.717) is 24.0 Å². The summed E-state index contributed by atoms with van der Waals surface area (Å²) in [5.41, 5.74) is 1.05. The fourth-order valence-corrected chi connectivity index (χ4v) is 2.97. The van der Waals surface area contributed by atoms with Crippen molar-refractivity contribution in [3.05, 3.63) is 23.8 Å². The van der Waals surface area contributed by atoms with Gasteiger partial charge in [0.15, 0.2) is 17.5 Å². The molecule has 0 bridgehead atoms. The molecule has 1 aromatic carbocycles. The van der Waals surface area contributed by atoms with Gasteiger partial charge in [0.25, 0.3) is 0 Å². The number of halogens is 1. The molecule has 3 N–H and O–H groups in total. The number of benzene rings is 1. The number of methoxy groups -OCH3 is 2. The maximum absolute atomic E-state index is 9.92. The number of hydrogen-bond donors (Lipinski definition) is 3. The van der Waals surface area contributed by atoms with Crippen molar-refractivity contribution in [3.8, 4) is 11.5 Å². The Kier molecular flexibility index (Phi) is 9.96. The zero-order valence-electron chi connectivity index (χ0n) is 15.2. The van der Waals surface area contributed by atoms with Crippen LogP contribution in [0.25, 0.3) is 0 Å². The van der Waals surface area contributed by atoms with Crippen molar-refractivity contribution in [3.63, 3.8) is 0 Å². The van der Waals surface area contributed by atoms with Gasteiger partial charge in [-0.15, -0.1) is 24.0 Å². The molecule has 1 fully saturated rings. The van der Waals surface area contributed by atoms with Gasteiger partial charge in [0, 0.05) is 19.0 Å². The second-order valence-electron chi connectivity index (χ2n) is 6.02. The Morgan fingerprint density at radius 2 is 1.96 bits per heavy atom. The molecule has 142 valence electrons. The highest BCUT2D eigenvalue weighted by Gasteiger charge is 2.24. The van der Waals surface area contributed by atoms with Crippen LogP contribution < -0.4 is 20.1 Å². The van der Waals surface area contributed by atoms with Crippen LogP contribution in [0.5, 0.6) is 11.5 Å². The molecule has 1 aliphatic rings. The number of ether oxygens (including phenoxy) is 2. The molecule has 0 radical (unpaired) electrons. The SMILES string of the molecule is CCNC(=NCc1ccc(OC)c(OC)c1)NCC1CCCC1O.I. The minimum absolute atomic E-state index is 0. The van der Waals surface area contributed by atoms with Gasteiger partial charge in [0.05, 0.1) is 26.9 Å². The van der Waals surface area contributed by atoms with Crippen LogP contribution in [0.3, 0.4) is 0 Å². The molecule has 2 atom stereocenters. The van der Waals surface area contributed by atoms with Crippen molar-refractivity contribution in [1.29, 1.82) is 0 Å². The fourth-order valence-electron chi connectivity index (χ4n) is 2.97. The molecule has 2 rings (SSSR count). The standard InChI is InChI=1S/C18H29N3O3.HI/c1-4-19-18(21-12-14-6-5-7-15(14)22)20-11-13-8-9-16(23-2)17(10-13)24-3;/h8-10,14-15,22H,4-7,11-12H2,1-3H3,(H2,19,20,21);1H. The zero-order valence-corrected chi connectivity index (χ0v) is 17.6.